The summed E-state index contributed by atoms with van der Waals surface area (Å²) < 4.78 is 4.91. The highest BCUT2D eigenvalue weighted by molar-refractivity contribution is 8.01. The minimum Gasteiger partial charge on any atom is -0.480 e. The SMILES string of the molecule is NCC(SC1COC1)C(=O)O. The van der Waals surface area contributed by atoms with Crippen LogP contribution in [0.25, 0.3) is 0 Å². The number of hydrogen-bond donors (Lipinski definition) is 2. The van der Waals surface area contributed by atoms with Crippen molar-refractivity contribution in [2.45, 2.75) is 10.5 Å². The van der Waals surface area contributed by atoms with E-state index in [2.05, 4.69) is 0 Å². The Morgan fingerprint density at radius 1 is 1.82 bits per heavy atom. The molecule has 0 aliphatic carbocycles. The second-order valence-corrected chi connectivity index (χ2v) is 3.87. The molecule has 1 saturated heterocycles. The summed E-state index contributed by atoms with van der Waals surface area (Å²) in [4.78, 5) is 10.5. The van der Waals surface area contributed by atoms with Crippen LogP contribution >= 0.6 is 11.8 Å². The van der Waals surface area contributed by atoms with Crippen LogP contribution in [0.15, 0.2) is 0 Å². The Morgan fingerprint density at radius 3 is 2.73 bits per heavy atom. The Bertz CT molecular complexity index is 149. The van der Waals surface area contributed by atoms with Crippen LogP contribution in [0, 0.1) is 0 Å². The lowest BCUT2D eigenvalue weighted by Gasteiger charge is -2.27. The van der Waals surface area contributed by atoms with Gasteiger partial charge in [-0.1, -0.05) is 0 Å². The molecule has 0 aromatic carbocycles. The van der Waals surface area contributed by atoms with Crippen molar-refractivity contribution in [3.8, 4) is 0 Å². The molecule has 1 heterocycles. The van der Waals surface area contributed by atoms with Crippen molar-refractivity contribution in [2.75, 3.05) is 19.8 Å². The Morgan fingerprint density at radius 2 is 2.45 bits per heavy atom. The van der Waals surface area contributed by atoms with Gasteiger partial charge in [0.25, 0.3) is 0 Å². The molecule has 11 heavy (non-hydrogen) atoms. The first-order valence-electron chi connectivity index (χ1n) is 3.40. The van der Waals surface area contributed by atoms with Crippen LogP contribution in [0.4, 0.5) is 0 Å². The molecular formula is C6H11NO3S. The van der Waals surface area contributed by atoms with Gasteiger partial charge in [0.1, 0.15) is 5.25 Å². The van der Waals surface area contributed by atoms with E-state index in [1.54, 1.807) is 0 Å². The van der Waals surface area contributed by atoms with Gasteiger partial charge in [0.15, 0.2) is 0 Å². The highest BCUT2D eigenvalue weighted by Gasteiger charge is 2.26. The molecule has 0 amide bonds. The number of thioether (sulfide) groups is 1. The number of hydrogen-bond acceptors (Lipinski definition) is 4. The van der Waals surface area contributed by atoms with E-state index in [0.29, 0.717) is 18.5 Å². The first-order chi connectivity index (χ1) is 5.24. The van der Waals surface area contributed by atoms with Gasteiger partial charge < -0.3 is 15.6 Å². The second kappa shape index (κ2) is 3.94. The molecule has 0 aromatic rings. The quantitative estimate of drug-likeness (QED) is 0.607. The molecule has 0 aromatic heterocycles. The van der Waals surface area contributed by atoms with Crippen molar-refractivity contribution in [3.63, 3.8) is 0 Å². The number of carbonyl (C=O) groups is 1. The summed E-state index contributed by atoms with van der Waals surface area (Å²) in [5, 5.41) is 8.46. The molecule has 0 bridgehead atoms. The van der Waals surface area contributed by atoms with Gasteiger partial charge in [0, 0.05) is 6.54 Å². The lowest BCUT2D eigenvalue weighted by Crippen LogP contribution is -2.36. The zero-order valence-electron chi connectivity index (χ0n) is 6.03. The van der Waals surface area contributed by atoms with Crippen molar-refractivity contribution >= 4 is 17.7 Å². The molecule has 0 radical (unpaired) electrons. The van der Waals surface area contributed by atoms with E-state index >= 15 is 0 Å². The highest BCUT2D eigenvalue weighted by atomic mass is 32.2. The number of aliphatic carboxylic acids is 1. The fourth-order valence-electron chi connectivity index (χ4n) is 0.740. The summed E-state index contributed by atoms with van der Waals surface area (Å²) in [6.07, 6.45) is 0. The number of nitrogens with two attached hydrogens (primary N) is 1. The average Bonchev–Trinajstić information content (AvgIpc) is 1.85. The molecule has 1 rings (SSSR count). The third-order valence-corrected chi connectivity index (χ3v) is 2.83. The van der Waals surface area contributed by atoms with Crippen LogP contribution in [-0.4, -0.2) is 41.3 Å². The normalized spacial score (nSPS) is 20.8. The first kappa shape index (κ1) is 8.83. The Balaban J connectivity index is 2.24. The van der Waals surface area contributed by atoms with Crippen molar-refractivity contribution < 1.29 is 14.6 Å². The summed E-state index contributed by atoms with van der Waals surface area (Å²) in [6, 6.07) is 0. The lowest BCUT2D eigenvalue weighted by atomic mass is 10.4. The molecule has 0 spiro atoms. The van der Waals surface area contributed by atoms with Gasteiger partial charge in [-0.25, -0.2) is 0 Å². The molecule has 3 N–H and O–H groups in total. The number of rotatable bonds is 4. The molecule has 1 aliphatic rings. The Kier molecular flexibility index (Phi) is 3.16. The third-order valence-electron chi connectivity index (χ3n) is 1.45. The maximum atomic E-state index is 10.5. The zero-order chi connectivity index (χ0) is 8.27. The van der Waals surface area contributed by atoms with Gasteiger partial charge in [-0.3, -0.25) is 4.79 Å². The Hall–Kier alpha value is -0.260. The molecule has 1 aliphatic heterocycles. The minimum absolute atomic E-state index is 0.191. The van der Waals surface area contributed by atoms with Crippen LogP contribution in [0.2, 0.25) is 0 Å². The van der Waals surface area contributed by atoms with Gasteiger partial charge in [-0.15, -0.1) is 11.8 Å². The minimum atomic E-state index is -0.829. The fraction of sp³-hybridized carbons (Fsp3) is 0.833. The van der Waals surface area contributed by atoms with E-state index in [0.717, 1.165) is 0 Å². The summed E-state index contributed by atoms with van der Waals surface area (Å²) in [5.74, 6) is -0.829. The van der Waals surface area contributed by atoms with E-state index in [-0.39, 0.29) is 6.54 Å². The number of ether oxygens (including phenoxy) is 1. The van der Waals surface area contributed by atoms with Gasteiger partial charge in [-0.2, -0.15) is 0 Å². The standard InChI is InChI=1S/C6H11NO3S/c7-1-5(6(8)9)11-4-2-10-3-4/h4-5H,1-3,7H2,(H,8,9). The molecule has 1 unspecified atom stereocenters. The molecule has 5 heteroatoms. The topological polar surface area (TPSA) is 72.5 Å². The van der Waals surface area contributed by atoms with E-state index in [1.165, 1.54) is 11.8 Å². The first-order valence-corrected chi connectivity index (χ1v) is 4.34. The van der Waals surface area contributed by atoms with Crippen LogP contribution in [0.1, 0.15) is 0 Å². The molecule has 64 valence electrons. The highest BCUT2D eigenvalue weighted by Crippen LogP contribution is 2.23. The molecule has 4 nitrogen and oxygen atoms in total. The van der Waals surface area contributed by atoms with Crippen molar-refractivity contribution in [1.82, 2.24) is 0 Å². The van der Waals surface area contributed by atoms with Gasteiger partial charge in [-0.05, 0) is 0 Å². The molecule has 0 saturated carbocycles. The predicted octanol–water partition coefficient (Wildman–Crippen LogP) is -0.470. The van der Waals surface area contributed by atoms with Crippen LogP contribution < -0.4 is 5.73 Å². The molecular weight excluding hydrogens is 166 g/mol. The third kappa shape index (κ3) is 2.36. The monoisotopic (exact) mass is 177 g/mol. The second-order valence-electron chi connectivity index (χ2n) is 2.36. The Labute approximate surface area is 69.1 Å². The van der Waals surface area contributed by atoms with Crippen molar-refractivity contribution in [3.05, 3.63) is 0 Å². The van der Waals surface area contributed by atoms with Gasteiger partial charge in [0.05, 0.1) is 18.5 Å². The van der Waals surface area contributed by atoms with Crippen molar-refractivity contribution in [2.24, 2.45) is 5.73 Å². The van der Waals surface area contributed by atoms with Gasteiger partial charge >= 0.3 is 5.97 Å². The largest absolute Gasteiger partial charge is 0.480 e. The summed E-state index contributed by atoms with van der Waals surface area (Å²) in [5.41, 5.74) is 5.26. The zero-order valence-corrected chi connectivity index (χ0v) is 6.84. The summed E-state index contributed by atoms with van der Waals surface area (Å²) in [6.45, 7) is 1.51. The summed E-state index contributed by atoms with van der Waals surface area (Å²) >= 11 is 1.39. The maximum absolute atomic E-state index is 10.5. The fourth-order valence-corrected chi connectivity index (χ4v) is 1.78. The van der Waals surface area contributed by atoms with Crippen LogP contribution in [0.3, 0.4) is 0 Å². The smallest absolute Gasteiger partial charge is 0.317 e. The number of carboxylic acid groups (broad SMARTS) is 1. The van der Waals surface area contributed by atoms with Crippen LogP contribution in [0.5, 0.6) is 0 Å². The van der Waals surface area contributed by atoms with Crippen molar-refractivity contribution in [1.29, 1.82) is 0 Å². The van der Waals surface area contributed by atoms with Crippen LogP contribution in [-0.2, 0) is 9.53 Å². The average molecular weight is 177 g/mol. The van der Waals surface area contributed by atoms with Gasteiger partial charge in [0.2, 0.25) is 0 Å². The number of carboxylic acids is 1. The summed E-state index contributed by atoms with van der Waals surface area (Å²) in [7, 11) is 0. The van der Waals surface area contributed by atoms with E-state index in [9.17, 15) is 4.79 Å². The van der Waals surface area contributed by atoms with E-state index in [4.69, 9.17) is 15.6 Å². The van der Waals surface area contributed by atoms with E-state index in [1.807, 2.05) is 0 Å². The van der Waals surface area contributed by atoms with E-state index < -0.39 is 11.2 Å². The molecule has 1 atom stereocenters. The predicted molar refractivity (Wildman–Crippen MR) is 42.7 cm³/mol. The lowest BCUT2D eigenvalue weighted by molar-refractivity contribution is -0.136. The molecule has 1 fully saturated rings. The maximum Gasteiger partial charge on any atom is 0.317 e.